The van der Waals surface area contributed by atoms with E-state index in [1.54, 1.807) is 6.07 Å². The van der Waals surface area contributed by atoms with Gasteiger partial charge in [-0.15, -0.1) is 11.3 Å². The number of halogens is 3. The molecule has 94 valence electrons. The zero-order valence-corrected chi connectivity index (χ0v) is 15.1. The molecule has 0 bridgehead atoms. The molecule has 2 nitrogen and oxygen atoms in total. The van der Waals surface area contributed by atoms with Crippen LogP contribution in [0.15, 0.2) is 37.9 Å². The summed E-state index contributed by atoms with van der Waals surface area (Å²) in [5, 5.41) is 0. The van der Waals surface area contributed by atoms with E-state index in [0.717, 1.165) is 11.1 Å². The number of hydrogen-bond acceptors (Lipinski definition) is 3. The van der Waals surface area contributed by atoms with Gasteiger partial charge in [-0.25, -0.2) is 0 Å². The second-order valence-corrected chi connectivity index (χ2v) is 8.40. The topological polar surface area (TPSA) is 26.3 Å². The fourth-order valence-corrected chi connectivity index (χ4v) is 4.68. The van der Waals surface area contributed by atoms with Crippen molar-refractivity contribution < 1.29 is 9.53 Å². The van der Waals surface area contributed by atoms with Gasteiger partial charge in [0, 0.05) is 9.13 Å². The number of carbonyl (C=O) groups is 1. The number of Topliss-reactive ketones (excluding diaryl/α,β-unsaturated/α-hetero) is 1. The fraction of sp³-hybridized carbons (Fsp3) is 0.0833. The third kappa shape index (κ3) is 3.79. The van der Waals surface area contributed by atoms with E-state index in [9.17, 15) is 4.79 Å². The van der Waals surface area contributed by atoms with Crippen LogP contribution in [0.3, 0.4) is 0 Å². The van der Waals surface area contributed by atoms with Crippen LogP contribution in [0.5, 0.6) is 5.75 Å². The van der Waals surface area contributed by atoms with Crippen molar-refractivity contribution in [2.45, 2.75) is 0 Å². The van der Waals surface area contributed by atoms with Gasteiger partial charge in [-0.05, 0) is 78.7 Å². The Morgan fingerprint density at radius 1 is 1.33 bits per heavy atom. The normalized spacial score (nSPS) is 10.4. The van der Waals surface area contributed by atoms with Crippen molar-refractivity contribution in [1.82, 2.24) is 0 Å². The molecule has 0 aliphatic rings. The average molecular weight is 502 g/mol. The van der Waals surface area contributed by atoms with Crippen LogP contribution < -0.4 is 4.74 Å². The number of ether oxygens (including phenoxy) is 1. The average Bonchev–Trinajstić information content (AvgIpc) is 2.66. The third-order valence-corrected chi connectivity index (χ3v) is 5.13. The summed E-state index contributed by atoms with van der Waals surface area (Å²) in [4.78, 5) is 12.0. The predicted molar refractivity (Wildman–Crippen MR) is 88.7 cm³/mol. The van der Waals surface area contributed by atoms with Gasteiger partial charge in [0.1, 0.15) is 5.75 Å². The Balaban J connectivity index is 2.03. The molecule has 0 amide bonds. The first-order chi connectivity index (χ1) is 8.56. The molecule has 0 atom stereocenters. The molecule has 18 heavy (non-hydrogen) atoms. The van der Waals surface area contributed by atoms with Crippen molar-refractivity contribution in [2.24, 2.45) is 0 Å². The van der Waals surface area contributed by atoms with Gasteiger partial charge in [0.05, 0.1) is 7.57 Å². The van der Waals surface area contributed by atoms with Gasteiger partial charge in [-0.1, -0.05) is 6.07 Å². The molecule has 0 radical (unpaired) electrons. The molecule has 2 aromatic rings. The van der Waals surface area contributed by atoms with Crippen molar-refractivity contribution in [1.29, 1.82) is 0 Å². The molecule has 0 aliphatic carbocycles. The maximum Gasteiger partial charge on any atom is 0.202 e. The molecular formula is C12H7Br2IO2S. The quantitative estimate of drug-likeness (QED) is 0.428. The van der Waals surface area contributed by atoms with E-state index < -0.39 is 0 Å². The van der Waals surface area contributed by atoms with Gasteiger partial charge in [0.25, 0.3) is 0 Å². The van der Waals surface area contributed by atoms with Gasteiger partial charge in [-0.2, -0.15) is 0 Å². The van der Waals surface area contributed by atoms with Crippen LogP contribution in [0.25, 0.3) is 0 Å². The lowest BCUT2D eigenvalue weighted by Crippen LogP contribution is -2.11. The Hall–Kier alpha value is 0.0800. The van der Waals surface area contributed by atoms with Crippen molar-refractivity contribution in [3.63, 3.8) is 0 Å². The second kappa shape index (κ2) is 6.49. The SMILES string of the molecule is O=C(COc1cccc(I)c1)c1cc(Br)sc1Br. The summed E-state index contributed by atoms with van der Waals surface area (Å²) < 4.78 is 8.31. The van der Waals surface area contributed by atoms with Gasteiger partial charge in [0.2, 0.25) is 5.78 Å². The smallest absolute Gasteiger partial charge is 0.202 e. The summed E-state index contributed by atoms with van der Waals surface area (Å²) >= 11 is 10.4. The molecule has 0 unspecified atom stereocenters. The first kappa shape index (κ1) is 14.5. The molecule has 6 heteroatoms. The van der Waals surface area contributed by atoms with Crippen LogP contribution in [-0.2, 0) is 0 Å². The Labute approximate surface area is 139 Å². The van der Waals surface area contributed by atoms with Crippen LogP contribution in [-0.4, -0.2) is 12.4 Å². The number of rotatable bonds is 4. The summed E-state index contributed by atoms with van der Waals surface area (Å²) in [5.74, 6) is 0.670. The monoisotopic (exact) mass is 500 g/mol. The minimum absolute atomic E-state index is 0.0392. The summed E-state index contributed by atoms with van der Waals surface area (Å²) in [6, 6.07) is 9.41. The lowest BCUT2D eigenvalue weighted by Gasteiger charge is -2.05. The van der Waals surface area contributed by atoms with E-state index in [-0.39, 0.29) is 12.4 Å². The number of carbonyl (C=O) groups excluding carboxylic acids is 1. The van der Waals surface area contributed by atoms with E-state index in [2.05, 4.69) is 54.5 Å². The molecule has 2 rings (SSSR count). The number of benzene rings is 1. The van der Waals surface area contributed by atoms with Crippen LogP contribution in [0.4, 0.5) is 0 Å². The Kier molecular flexibility index (Phi) is 5.23. The van der Waals surface area contributed by atoms with Gasteiger partial charge in [-0.3, -0.25) is 4.79 Å². The first-order valence-electron chi connectivity index (χ1n) is 4.92. The largest absolute Gasteiger partial charge is 0.485 e. The van der Waals surface area contributed by atoms with E-state index in [1.165, 1.54) is 11.3 Å². The number of hydrogen-bond donors (Lipinski definition) is 0. The Morgan fingerprint density at radius 3 is 2.72 bits per heavy atom. The Bertz CT molecular complexity index is 583. The van der Waals surface area contributed by atoms with Crippen molar-refractivity contribution in [3.05, 3.63) is 47.0 Å². The number of thiophene rings is 1. The highest BCUT2D eigenvalue weighted by molar-refractivity contribution is 14.1. The molecule has 0 saturated carbocycles. The van der Waals surface area contributed by atoms with E-state index in [0.29, 0.717) is 11.3 Å². The molecule has 0 spiro atoms. The summed E-state index contributed by atoms with van der Waals surface area (Å²) in [6.07, 6.45) is 0. The van der Waals surface area contributed by atoms with Crippen LogP contribution in [0, 0.1) is 3.57 Å². The lowest BCUT2D eigenvalue weighted by molar-refractivity contribution is 0.0921. The van der Waals surface area contributed by atoms with Crippen LogP contribution in [0.2, 0.25) is 0 Å². The molecule has 1 aromatic heterocycles. The molecular weight excluding hydrogens is 495 g/mol. The van der Waals surface area contributed by atoms with E-state index in [4.69, 9.17) is 4.74 Å². The highest BCUT2D eigenvalue weighted by Gasteiger charge is 2.14. The van der Waals surface area contributed by atoms with E-state index >= 15 is 0 Å². The van der Waals surface area contributed by atoms with Crippen LogP contribution >= 0.6 is 65.8 Å². The van der Waals surface area contributed by atoms with Crippen molar-refractivity contribution in [3.8, 4) is 5.75 Å². The van der Waals surface area contributed by atoms with E-state index in [1.807, 2.05) is 24.3 Å². The highest BCUT2D eigenvalue weighted by Crippen LogP contribution is 2.32. The zero-order chi connectivity index (χ0) is 13.1. The minimum atomic E-state index is -0.0392. The van der Waals surface area contributed by atoms with Crippen LogP contribution in [0.1, 0.15) is 10.4 Å². The summed E-state index contributed by atoms with van der Waals surface area (Å²) in [5.41, 5.74) is 0.650. The van der Waals surface area contributed by atoms with Crippen molar-refractivity contribution in [2.75, 3.05) is 6.61 Å². The molecule has 0 N–H and O–H groups in total. The number of ketones is 1. The second-order valence-electron chi connectivity index (χ2n) is 3.41. The first-order valence-corrected chi connectivity index (χ1v) is 8.41. The van der Waals surface area contributed by atoms with Gasteiger partial charge >= 0.3 is 0 Å². The van der Waals surface area contributed by atoms with Crippen molar-refractivity contribution >= 4 is 71.6 Å². The minimum Gasteiger partial charge on any atom is -0.485 e. The molecule has 0 fully saturated rings. The molecule has 1 heterocycles. The lowest BCUT2D eigenvalue weighted by atomic mass is 10.2. The summed E-state index contributed by atoms with van der Waals surface area (Å²) in [7, 11) is 0. The van der Waals surface area contributed by atoms with Gasteiger partial charge < -0.3 is 4.74 Å². The van der Waals surface area contributed by atoms with Gasteiger partial charge in [0.15, 0.2) is 6.61 Å². The molecule has 1 aromatic carbocycles. The predicted octanol–water partition coefficient (Wildman–Crippen LogP) is 5.14. The third-order valence-electron chi connectivity index (χ3n) is 2.12. The standard InChI is InChI=1S/C12H7Br2IO2S/c13-11-5-9(12(14)18-11)10(16)6-17-8-3-1-2-7(15)4-8/h1-5H,6H2. The maximum atomic E-state index is 12.0. The summed E-state index contributed by atoms with van der Waals surface area (Å²) in [6.45, 7) is 0.0435. The fourth-order valence-electron chi connectivity index (χ4n) is 1.31. The zero-order valence-electron chi connectivity index (χ0n) is 8.95. The molecule has 0 saturated heterocycles. The molecule has 0 aliphatic heterocycles. The highest BCUT2D eigenvalue weighted by atomic mass is 127. The Morgan fingerprint density at radius 2 is 2.11 bits per heavy atom. The maximum absolute atomic E-state index is 12.0.